The number of halogens is 1. The van der Waals surface area contributed by atoms with Crippen molar-refractivity contribution in [2.24, 2.45) is 0 Å². The molecule has 0 bridgehead atoms. The van der Waals surface area contributed by atoms with E-state index in [0.717, 1.165) is 0 Å². The molecule has 0 saturated carbocycles. The molecule has 2 rings (SSSR count). The van der Waals surface area contributed by atoms with Crippen LogP contribution in [0.1, 0.15) is 20.8 Å². The third kappa shape index (κ3) is 5.11. The SMILES string of the molecule is CCOc1ccc(N[C@H](C)C(=O)Nc2ccccc2F)cc1OCC. The van der Waals surface area contributed by atoms with Crippen LogP contribution in [0.25, 0.3) is 0 Å². The summed E-state index contributed by atoms with van der Waals surface area (Å²) in [6.07, 6.45) is 0. The van der Waals surface area contributed by atoms with Crippen LogP contribution in [0, 0.1) is 5.82 Å². The second-order valence-corrected chi connectivity index (χ2v) is 5.36. The number of hydrogen-bond acceptors (Lipinski definition) is 4. The van der Waals surface area contributed by atoms with Crippen molar-refractivity contribution >= 4 is 17.3 Å². The number of benzene rings is 2. The number of para-hydroxylation sites is 1. The van der Waals surface area contributed by atoms with Crippen molar-refractivity contribution in [1.29, 1.82) is 0 Å². The number of carbonyl (C=O) groups is 1. The van der Waals surface area contributed by atoms with Crippen molar-refractivity contribution < 1.29 is 18.7 Å². The molecule has 0 saturated heterocycles. The fourth-order valence-corrected chi connectivity index (χ4v) is 2.26. The second kappa shape index (κ2) is 8.92. The number of nitrogens with one attached hydrogen (secondary N) is 2. The van der Waals surface area contributed by atoms with E-state index in [2.05, 4.69) is 10.6 Å². The van der Waals surface area contributed by atoms with E-state index < -0.39 is 11.9 Å². The minimum Gasteiger partial charge on any atom is -0.490 e. The molecule has 1 amide bonds. The molecule has 5 nitrogen and oxygen atoms in total. The Balaban J connectivity index is 2.06. The van der Waals surface area contributed by atoms with Gasteiger partial charge in [0.05, 0.1) is 18.9 Å². The zero-order chi connectivity index (χ0) is 18.2. The molecule has 0 aromatic heterocycles. The lowest BCUT2D eigenvalue weighted by Gasteiger charge is -2.17. The van der Waals surface area contributed by atoms with E-state index in [-0.39, 0.29) is 11.6 Å². The standard InChI is InChI=1S/C19H23FN2O3/c1-4-24-17-11-10-14(12-18(17)25-5-2)21-13(3)19(23)22-16-9-7-6-8-15(16)20/h6-13,21H,4-5H2,1-3H3,(H,22,23)/t13-/m1/s1. The fraction of sp³-hybridized carbons (Fsp3) is 0.316. The molecule has 0 aliphatic carbocycles. The molecule has 0 heterocycles. The Morgan fingerprint density at radius 1 is 1.08 bits per heavy atom. The lowest BCUT2D eigenvalue weighted by molar-refractivity contribution is -0.116. The van der Waals surface area contributed by atoms with E-state index in [9.17, 15) is 9.18 Å². The fourth-order valence-electron chi connectivity index (χ4n) is 2.26. The summed E-state index contributed by atoms with van der Waals surface area (Å²) < 4.78 is 24.7. The van der Waals surface area contributed by atoms with Crippen LogP contribution in [-0.2, 0) is 4.79 Å². The molecule has 6 heteroatoms. The highest BCUT2D eigenvalue weighted by molar-refractivity contribution is 5.96. The van der Waals surface area contributed by atoms with E-state index in [0.29, 0.717) is 30.4 Å². The van der Waals surface area contributed by atoms with Crippen molar-refractivity contribution in [3.05, 3.63) is 48.3 Å². The lowest BCUT2D eigenvalue weighted by atomic mass is 10.2. The van der Waals surface area contributed by atoms with Gasteiger partial charge in [0.1, 0.15) is 11.9 Å². The van der Waals surface area contributed by atoms with E-state index in [4.69, 9.17) is 9.47 Å². The van der Waals surface area contributed by atoms with Crippen LogP contribution < -0.4 is 20.1 Å². The van der Waals surface area contributed by atoms with Gasteiger partial charge in [-0.15, -0.1) is 0 Å². The van der Waals surface area contributed by atoms with Gasteiger partial charge in [0.25, 0.3) is 0 Å². The van der Waals surface area contributed by atoms with Crippen LogP contribution in [0.15, 0.2) is 42.5 Å². The van der Waals surface area contributed by atoms with Crippen LogP contribution in [-0.4, -0.2) is 25.2 Å². The van der Waals surface area contributed by atoms with E-state index in [1.807, 2.05) is 13.8 Å². The van der Waals surface area contributed by atoms with Crippen LogP contribution in [0.4, 0.5) is 15.8 Å². The molecule has 0 aliphatic rings. The number of anilines is 2. The number of hydrogen-bond donors (Lipinski definition) is 2. The van der Waals surface area contributed by atoms with Gasteiger partial charge < -0.3 is 20.1 Å². The van der Waals surface area contributed by atoms with Gasteiger partial charge in [0, 0.05) is 11.8 Å². The third-order valence-electron chi connectivity index (χ3n) is 3.45. The predicted molar refractivity (Wildman–Crippen MR) is 96.9 cm³/mol. The minimum absolute atomic E-state index is 0.155. The number of carbonyl (C=O) groups excluding carboxylic acids is 1. The molecule has 1 atom stereocenters. The molecule has 2 N–H and O–H groups in total. The number of rotatable bonds is 8. The Labute approximate surface area is 147 Å². The molecule has 2 aromatic rings. The van der Waals surface area contributed by atoms with Crippen molar-refractivity contribution in [3.63, 3.8) is 0 Å². The topological polar surface area (TPSA) is 59.6 Å². The van der Waals surface area contributed by atoms with Gasteiger partial charge in [0.15, 0.2) is 11.5 Å². The molecule has 2 aromatic carbocycles. The first-order valence-electron chi connectivity index (χ1n) is 8.26. The van der Waals surface area contributed by atoms with Gasteiger partial charge in [-0.1, -0.05) is 12.1 Å². The van der Waals surface area contributed by atoms with Gasteiger partial charge >= 0.3 is 0 Å². The maximum Gasteiger partial charge on any atom is 0.246 e. The molecular weight excluding hydrogens is 323 g/mol. The van der Waals surface area contributed by atoms with Gasteiger partial charge in [0.2, 0.25) is 5.91 Å². The Morgan fingerprint density at radius 3 is 2.44 bits per heavy atom. The summed E-state index contributed by atoms with van der Waals surface area (Å²) in [5.41, 5.74) is 0.867. The number of amides is 1. The molecule has 0 aliphatic heterocycles. The summed E-state index contributed by atoms with van der Waals surface area (Å²) in [5.74, 6) is 0.453. The zero-order valence-corrected chi connectivity index (χ0v) is 14.6. The molecule has 0 unspecified atom stereocenters. The summed E-state index contributed by atoms with van der Waals surface area (Å²) in [5, 5.41) is 5.65. The van der Waals surface area contributed by atoms with Gasteiger partial charge in [-0.25, -0.2) is 4.39 Å². The Hall–Kier alpha value is -2.76. The summed E-state index contributed by atoms with van der Waals surface area (Å²) >= 11 is 0. The monoisotopic (exact) mass is 346 g/mol. The summed E-state index contributed by atoms with van der Waals surface area (Å²) in [7, 11) is 0. The highest BCUT2D eigenvalue weighted by Gasteiger charge is 2.15. The van der Waals surface area contributed by atoms with E-state index in [1.54, 1.807) is 37.3 Å². The van der Waals surface area contributed by atoms with Crippen LogP contribution in [0.2, 0.25) is 0 Å². The molecule has 0 spiro atoms. The smallest absolute Gasteiger partial charge is 0.246 e. The van der Waals surface area contributed by atoms with E-state index in [1.165, 1.54) is 12.1 Å². The molecule has 0 fully saturated rings. The van der Waals surface area contributed by atoms with Crippen LogP contribution in [0.3, 0.4) is 0 Å². The average molecular weight is 346 g/mol. The van der Waals surface area contributed by atoms with Gasteiger partial charge in [-0.3, -0.25) is 4.79 Å². The largest absolute Gasteiger partial charge is 0.490 e. The first-order chi connectivity index (χ1) is 12.0. The quantitative estimate of drug-likeness (QED) is 0.757. The third-order valence-corrected chi connectivity index (χ3v) is 3.45. The van der Waals surface area contributed by atoms with Crippen molar-refractivity contribution in [2.45, 2.75) is 26.8 Å². The zero-order valence-electron chi connectivity index (χ0n) is 14.6. The van der Waals surface area contributed by atoms with Crippen molar-refractivity contribution in [1.82, 2.24) is 0 Å². The summed E-state index contributed by atoms with van der Waals surface area (Å²) in [6.45, 7) is 6.53. The first-order valence-corrected chi connectivity index (χ1v) is 8.26. The van der Waals surface area contributed by atoms with Crippen molar-refractivity contribution in [3.8, 4) is 11.5 Å². The summed E-state index contributed by atoms with van der Waals surface area (Å²) in [4.78, 5) is 12.3. The molecule has 0 radical (unpaired) electrons. The summed E-state index contributed by atoms with van der Waals surface area (Å²) in [6, 6.07) is 10.9. The predicted octanol–water partition coefficient (Wildman–Crippen LogP) is 4.06. The Morgan fingerprint density at radius 2 is 1.76 bits per heavy atom. The van der Waals surface area contributed by atoms with E-state index >= 15 is 0 Å². The normalized spacial score (nSPS) is 11.5. The van der Waals surface area contributed by atoms with Gasteiger partial charge in [-0.2, -0.15) is 0 Å². The van der Waals surface area contributed by atoms with Gasteiger partial charge in [-0.05, 0) is 45.0 Å². The highest BCUT2D eigenvalue weighted by atomic mass is 19.1. The van der Waals surface area contributed by atoms with Crippen LogP contribution in [0.5, 0.6) is 11.5 Å². The molecule has 134 valence electrons. The molecular formula is C19H23FN2O3. The average Bonchev–Trinajstić information content (AvgIpc) is 2.59. The van der Waals surface area contributed by atoms with Crippen molar-refractivity contribution in [2.75, 3.05) is 23.8 Å². The maximum atomic E-state index is 13.6. The second-order valence-electron chi connectivity index (χ2n) is 5.36. The minimum atomic E-state index is -0.563. The number of ether oxygens (including phenoxy) is 2. The lowest BCUT2D eigenvalue weighted by Crippen LogP contribution is -2.32. The molecule has 25 heavy (non-hydrogen) atoms. The Bertz CT molecular complexity index is 722. The highest BCUT2D eigenvalue weighted by Crippen LogP contribution is 2.31. The first kappa shape index (κ1) is 18.6. The maximum absolute atomic E-state index is 13.6. The van der Waals surface area contributed by atoms with Crippen LogP contribution >= 0.6 is 0 Å². The Kier molecular flexibility index (Phi) is 6.62.